The molecule has 1 aromatic carbocycles. The topological polar surface area (TPSA) is 12.0 Å². The molecular weight excluding hydrogens is 329 g/mol. The Labute approximate surface area is 136 Å². The summed E-state index contributed by atoms with van der Waals surface area (Å²) >= 11 is 3.33. The van der Waals surface area contributed by atoms with Gasteiger partial charge in [0.2, 0.25) is 0 Å². The molecule has 1 aromatic rings. The molecule has 0 amide bonds. The van der Waals surface area contributed by atoms with Gasteiger partial charge in [-0.25, -0.2) is 4.39 Å². The highest BCUT2D eigenvalue weighted by atomic mass is 79.9. The minimum atomic E-state index is -0.0941. The molecule has 21 heavy (non-hydrogen) atoms. The Hall–Kier alpha value is -0.410. The maximum atomic E-state index is 14.1. The van der Waals surface area contributed by atoms with E-state index in [2.05, 4.69) is 42.0 Å². The van der Waals surface area contributed by atoms with Crippen molar-refractivity contribution in [2.24, 2.45) is 11.3 Å². The first-order chi connectivity index (χ1) is 9.91. The Morgan fingerprint density at radius 2 is 2.00 bits per heavy atom. The largest absolute Gasteiger partial charge is 0.314 e. The number of hydrogen-bond donors (Lipinski definition) is 1. The Balaban J connectivity index is 2.05. The van der Waals surface area contributed by atoms with Crippen LogP contribution < -0.4 is 5.32 Å². The van der Waals surface area contributed by atoms with Gasteiger partial charge in [0, 0.05) is 10.5 Å². The number of rotatable bonds is 5. The lowest BCUT2D eigenvalue weighted by atomic mass is 9.70. The van der Waals surface area contributed by atoms with E-state index in [1.54, 1.807) is 6.07 Å². The zero-order chi connectivity index (χ0) is 15.5. The van der Waals surface area contributed by atoms with Crippen LogP contribution in [0.25, 0.3) is 0 Å². The van der Waals surface area contributed by atoms with E-state index in [4.69, 9.17) is 0 Å². The molecule has 118 valence electrons. The van der Waals surface area contributed by atoms with Crippen molar-refractivity contribution in [3.63, 3.8) is 0 Å². The maximum Gasteiger partial charge on any atom is 0.127 e. The van der Waals surface area contributed by atoms with Crippen molar-refractivity contribution in [3.8, 4) is 0 Å². The molecule has 1 N–H and O–H groups in total. The summed E-state index contributed by atoms with van der Waals surface area (Å²) in [5.41, 5.74) is 1.31. The Kier molecular flexibility index (Phi) is 5.84. The summed E-state index contributed by atoms with van der Waals surface area (Å²) in [6, 6.07) is 5.81. The molecule has 0 bridgehead atoms. The van der Waals surface area contributed by atoms with Crippen molar-refractivity contribution in [2.45, 2.75) is 58.9 Å². The number of halogens is 2. The summed E-state index contributed by atoms with van der Waals surface area (Å²) in [6.45, 7) is 7.81. The van der Waals surface area contributed by atoms with E-state index >= 15 is 0 Å². The van der Waals surface area contributed by atoms with Gasteiger partial charge in [-0.05, 0) is 67.7 Å². The molecule has 0 radical (unpaired) electrons. The molecule has 1 aliphatic rings. The van der Waals surface area contributed by atoms with Crippen LogP contribution in [0, 0.1) is 17.2 Å². The second-order valence-electron chi connectivity index (χ2n) is 7.11. The van der Waals surface area contributed by atoms with Gasteiger partial charge < -0.3 is 5.32 Å². The van der Waals surface area contributed by atoms with Crippen LogP contribution in [0.4, 0.5) is 4.39 Å². The molecule has 0 aliphatic heterocycles. The van der Waals surface area contributed by atoms with Crippen LogP contribution in [0.2, 0.25) is 0 Å². The van der Waals surface area contributed by atoms with Gasteiger partial charge in [-0.2, -0.15) is 0 Å². The van der Waals surface area contributed by atoms with Gasteiger partial charge in [0.15, 0.2) is 0 Å². The number of benzene rings is 1. The average Bonchev–Trinajstić information content (AvgIpc) is 2.41. The van der Waals surface area contributed by atoms with E-state index in [1.165, 1.54) is 25.7 Å². The number of likely N-dealkylation sites (N-methyl/N-ethyl adjacent to an activating group) is 1. The van der Waals surface area contributed by atoms with Crippen molar-refractivity contribution in [1.29, 1.82) is 0 Å². The highest BCUT2D eigenvalue weighted by Gasteiger charge is 2.31. The summed E-state index contributed by atoms with van der Waals surface area (Å²) in [7, 11) is 0. The lowest BCUT2D eigenvalue weighted by Crippen LogP contribution is -2.40. The summed E-state index contributed by atoms with van der Waals surface area (Å²) in [6.07, 6.45) is 5.86. The zero-order valence-corrected chi connectivity index (χ0v) is 15.0. The average molecular weight is 356 g/mol. The minimum absolute atomic E-state index is 0.0941. The summed E-state index contributed by atoms with van der Waals surface area (Å²) in [5.74, 6) is 0.574. The third kappa shape index (κ3) is 4.79. The summed E-state index contributed by atoms with van der Waals surface area (Å²) < 4.78 is 14.9. The second-order valence-corrected chi connectivity index (χ2v) is 8.02. The fourth-order valence-electron chi connectivity index (χ4n) is 3.42. The monoisotopic (exact) mass is 355 g/mol. The van der Waals surface area contributed by atoms with E-state index in [9.17, 15) is 4.39 Å². The van der Waals surface area contributed by atoms with E-state index in [1.807, 2.05) is 12.1 Å². The predicted molar refractivity (Wildman–Crippen MR) is 91.0 cm³/mol. The normalized spacial score (nSPS) is 20.4. The first kappa shape index (κ1) is 17.0. The first-order valence-corrected chi connectivity index (χ1v) is 8.88. The van der Waals surface area contributed by atoms with E-state index in [0.29, 0.717) is 17.4 Å². The summed E-state index contributed by atoms with van der Waals surface area (Å²) in [5, 5.41) is 3.59. The molecule has 0 saturated heterocycles. The van der Waals surface area contributed by atoms with Crippen molar-refractivity contribution < 1.29 is 4.39 Å². The SMILES string of the molecule is CCNC(Cc1ccc(Br)cc1F)C1CCC(C)(C)CC1. The van der Waals surface area contributed by atoms with E-state index < -0.39 is 0 Å². The van der Waals surface area contributed by atoms with Crippen LogP contribution in [0.5, 0.6) is 0 Å². The van der Waals surface area contributed by atoms with Gasteiger partial charge in [0.05, 0.1) is 0 Å². The van der Waals surface area contributed by atoms with E-state index in [-0.39, 0.29) is 5.82 Å². The molecule has 0 spiro atoms. The van der Waals surface area contributed by atoms with Crippen LogP contribution in [0.15, 0.2) is 22.7 Å². The fraction of sp³-hybridized carbons (Fsp3) is 0.667. The number of hydrogen-bond acceptors (Lipinski definition) is 1. The Morgan fingerprint density at radius 1 is 1.33 bits per heavy atom. The van der Waals surface area contributed by atoms with Crippen LogP contribution in [-0.2, 0) is 6.42 Å². The fourth-order valence-corrected chi connectivity index (χ4v) is 3.75. The van der Waals surface area contributed by atoms with Gasteiger partial charge in [-0.1, -0.05) is 42.8 Å². The molecule has 1 saturated carbocycles. The minimum Gasteiger partial charge on any atom is -0.314 e. The van der Waals surface area contributed by atoms with Gasteiger partial charge >= 0.3 is 0 Å². The standard InChI is InChI=1S/C18H27BrFN/c1-4-21-17(13-7-9-18(2,3)10-8-13)11-14-5-6-15(19)12-16(14)20/h5-6,12-13,17,21H,4,7-11H2,1-3H3. The van der Waals surface area contributed by atoms with Crippen LogP contribution in [0.1, 0.15) is 52.0 Å². The molecule has 1 unspecified atom stereocenters. The van der Waals surface area contributed by atoms with Crippen LogP contribution in [-0.4, -0.2) is 12.6 Å². The maximum absolute atomic E-state index is 14.1. The molecule has 2 rings (SSSR count). The lowest BCUT2D eigenvalue weighted by Gasteiger charge is -2.38. The van der Waals surface area contributed by atoms with E-state index in [0.717, 1.165) is 23.0 Å². The van der Waals surface area contributed by atoms with Crippen LogP contribution >= 0.6 is 15.9 Å². The smallest absolute Gasteiger partial charge is 0.127 e. The van der Waals surface area contributed by atoms with Crippen molar-refractivity contribution in [1.82, 2.24) is 5.32 Å². The predicted octanol–water partition coefficient (Wildman–Crippen LogP) is 5.33. The van der Waals surface area contributed by atoms with Gasteiger partial charge in [-0.15, -0.1) is 0 Å². The molecule has 1 aliphatic carbocycles. The molecular formula is C18H27BrFN. The molecule has 1 atom stereocenters. The van der Waals surface area contributed by atoms with Gasteiger partial charge in [0.25, 0.3) is 0 Å². The molecule has 0 heterocycles. The van der Waals surface area contributed by atoms with Crippen molar-refractivity contribution >= 4 is 15.9 Å². The highest BCUT2D eigenvalue weighted by Crippen LogP contribution is 2.39. The number of nitrogens with one attached hydrogen (secondary N) is 1. The van der Waals surface area contributed by atoms with Crippen molar-refractivity contribution in [3.05, 3.63) is 34.1 Å². The molecule has 1 nitrogen and oxygen atoms in total. The van der Waals surface area contributed by atoms with Gasteiger partial charge in [-0.3, -0.25) is 0 Å². The van der Waals surface area contributed by atoms with Crippen LogP contribution in [0.3, 0.4) is 0 Å². The molecule has 0 aromatic heterocycles. The molecule has 1 fully saturated rings. The lowest BCUT2D eigenvalue weighted by molar-refractivity contribution is 0.161. The Morgan fingerprint density at radius 3 is 2.57 bits per heavy atom. The summed E-state index contributed by atoms with van der Waals surface area (Å²) in [4.78, 5) is 0. The third-order valence-electron chi connectivity index (χ3n) is 4.87. The van der Waals surface area contributed by atoms with Crippen molar-refractivity contribution in [2.75, 3.05) is 6.54 Å². The highest BCUT2D eigenvalue weighted by molar-refractivity contribution is 9.10. The Bertz CT molecular complexity index is 462. The quantitative estimate of drug-likeness (QED) is 0.752. The zero-order valence-electron chi connectivity index (χ0n) is 13.4. The third-order valence-corrected chi connectivity index (χ3v) is 5.37. The van der Waals surface area contributed by atoms with Gasteiger partial charge in [0.1, 0.15) is 5.82 Å². The molecule has 3 heteroatoms. The second kappa shape index (κ2) is 7.23. The first-order valence-electron chi connectivity index (χ1n) is 8.08.